The molecule has 1 unspecified atom stereocenters. The van der Waals surface area contributed by atoms with E-state index in [4.69, 9.17) is 0 Å². The lowest BCUT2D eigenvalue weighted by molar-refractivity contribution is -0.121. The first-order chi connectivity index (χ1) is 8.65. The van der Waals surface area contributed by atoms with E-state index in [-0.39, 0.29) is 18.4 Å². The van der Waals surface area contributed by atoms with E-state index in [1.165, 1.54) is 0 Å². The highest BCUT2D eigenvalue weighted by atomic mass is 32.1. The van der Waals surface area contributed by atoms with E-state index in [2.05, 4.69) is 20.3 Å². The van der Waals surface area contributed by atoms with Gasteiger partial charge in [0.05, 0.1) is 18.2 Å². The fraction of sp³-hybridized carbons (Fsp3) is 0.333. The molecule has 0 aliphatic heterocycles. The third-order valence-corrected chi connectivity index (χ3v) is 3.49. The van der Waals surface area contributed by atoms with Crippen LogP contribution in [-0.4, -0.2) is 20.9 Å². The number of hydrogen-bond acceptors (Lipinski definition) is 5. The molecule has 18 heavy (non-hydrogen) atoms. The number of amides is 1. The third kappa shape index (κ3) is 3.33. The van der Waals surface area contributed by atoms with Crippen LogP contribution < -0.4 is 5.32 Å². The van der Waals surface area contributed by atoms with E-state index in [0.717, 1.165) is 10.7 Å². The van der Waals surface area contributed by atoms with Crippen LogP contribution in [-0.2, 0) is 11.2 Å². The topological polar surface area (TPSA) is 67.8 Å². The summed E-state index contributed by atoms with van der Waals surface area (Å²) in [6, 6.07) is -0.0760. The number of nitrogens with one attached hydrogen (secondary N) is 1. The van der Waals surface area contributed by atoms with Crippen molar-refractivity contribution in [1.29, 1.82) is 0 Å². The molecule has 0 aliphatic rings. The summed E-state index contributed by atoms with van der Waals surface area (Å²) in [5.74, 6) is -0.0733. The van der Waals surface area contributed by atoms with Crippen LogP contribution >= 0.6 is 11.3 Å². The number of hydrogen-bond donors (Lipinski definition) is 1. The molecule has 1 amide bonds. The highest BCUT2D eigenvalue weighted by Crippen LogP contribution is 2.17. The lowest BCUT2D eigenvalue weighted by Gasteiger charge is -2.10. The summed E-state index contributed by atoms with van der Waals surface area (Å²) in [7, 11) is 0. The second-order valence-electron chi connectivity index (χ2n) is 3.99. The molecule has 6 heteroatoms. The third-order valence-electron chi connectivity index (χ3n) is 2.34. The average Bonchev–Trinajstić information content (AvgIpc) is 2.77. The summed E-state index contributed by atoms with van der Waals surface area (Å²) >= 11 is 1.55. The lowest BCUT2D eigenvalue weighted by Crippen LogP contribution is -2.28. The fourth-order valence-electron chi connectivity index (χ4n) is 1.51. The van der Waals surface area contributed by atoms with Crippen LogP contribution in [0, 0.1) is 6.92 Å². The maximum absolute atomic E-state index is 11.8. The minimum Gasteiger partial charge on any atom is -0.347 e. The smallest absolute Gasteiger partial charge is 0.226 e. The van der Waals surface area contributed by atoms with Gasteiger partial charge in [-0.1, -0.05) is 0 Å². The predicted molar refractivity (Wildman–Crippen MR) is 69.1 cm³/mol. The molecule has 2 aromatic heterocycles. The fourth-order valence-corrected chi connectivity index (χ4v) is 2.31. The normalized spacial score (nSPS) is 12.1. The molecule has 2 rings (SSSR count). The number of carbonyl (C=O) groups is 1. The van der Waals surface area contributed by atoms with Gasteiger partial charge in [0.2, 0.25) is 5.91 Å². The molecule has 1 atom stereocenters. The highest BCUT2D eigenvalue weighted by molar-refractivity contribution is 7.09. The van der Waals surface area contributed by atoms with Crippen molar-refractivity contribution < 1.29 is 4.79 Å². The van der Waals surface area contributed by atoms with Crippen molar-refractivity contribution in [1.82, 2.24) is 20.3 Å². The first-order valence-corrected chi connectivity index (χ1v) is 6.49. The minimum atomic E-state index is -0.0760. The summed E-state index contributed by atoms with van der Waals surface area (Å²) < 4.78 is 0. The average molecular weight is 262 g/mol. The second kappa shape index (κ2) is 5.68. The van der Waals surface area contributed by atoms with E-state index < -0.39 is 0 Å². The summed E-state index contributed by atoms with van der Waals surface area (Å²) in [6.45, 7) is 3.86. The van der Waals surface area contributed by atoms with E-state index in [1.807, 2.05) is 19.2 Å². The van der Waals surface area contributed by atoms with Crippen molar-refractivity contribution in [3.8, 4) is 0 Å². The number of nitrogens with zero attached hydrogens (tertiary/aromatic N) is 3. The van der Waals surface area contributed by atoms with Gasteiger partial charge in [-0.15, -0.1) is 11.3 Å². The number of carbonyl (C=O) groups excluding carboxylic acids is 1. The van der Waals surface area contributed by atoms with Gasteiger partial charge in [0, 0.05) is 29.7 Å². The number of thiazole rings is 1. The Balaban J connectivity index is 1.92. The van der Waals surface area contributed by atoms with Gasteiger partial charge >= 0.3 is 0 Å². The Morgan fingerprint density at radius 3 is 2.94 bits per heavy atom. The van der Waals surface area contributed by atoms with Crippen molar-refractivity contribution in [2.75, 3.05) is 0 Å². The van der Waals surface area contributed by atoms with E-state index in [1.54, 1.807) is 29.9 Å². The number of rotatable bonds is 4. The SMILES string of the molecule is Cc1csc(C(C)NC(=O)Cc2cnccn2)n1. The quantitative estimate of drug-likeness (QED) is 0.910. The molecule has 94 valence electrons. The van der Waals surface area contributed by atoms with Crippen LogP contribution in [0.5, 0.6) is 0 Å². The molecule has 0 aromatic carbocycles. The molecular formula is C12H14N4OS. The molecule has 2 aromatic rings. The molecule has 0 radical (unpaired) electrons. The van der Waals surface area contributed by atoms with Crippen LogP contribution in [0.4, 0.5) is 0 Å². The van der Waals surface area contributed by atoms with Gasteiger partial charge in [-0.3, -0.25) is 14.8 Å². The Morgan fingerprint density at radius 1 is 1.50 bits per heavy atom. The molecule has 0 saturated carbocycles. The van der Waals surface area contributed by atoms with Gasteiger partial charge in [-0.2, -0.15) is 0 Å². The molecule has 0 spiro atoms. The van der Waals surface area contributed by atoms with Crippen molar-refractivity contribution in [2.24, 2.45) is 0 Å². The van der Waals surface area contributed by atoms with E-state index in [9.17, 15) is 4.79 Å². The van der Waals surface area contributed by atoms with Crippen molar-refractivity contribution in [3.05, 3.63) is 40.4 Å². The summed E-state index contributed by atoms with van der Waals surface area (Å²) in [5.41, 5.74) is 1.64. The largest absolute Gasteiger partial charge is 0.347 e. The Labute approximate surface area is 109 Å². The first kappa shape index (κ1) is 12.6. The molecule has 0 fully saturated rings. The van der Waals surface area contributed by atoms with Gasteiger partial charge in [0.1, 0.15) is 5.01 Å². The van der Waals surface area contributed by atoms with Crippen molar-refractivity contribution in [2.45, 2.75) is 26.3 Å². The van der Waals surface area contributed by atoms with E-state index in [0.29, 0.717) is 5.69 Å². The maximum atomic E-state index is 11.8. The summed E-state index contributed by atoms with van der Waals surface area (Å²) in [4.78, 5) is 24.1. The van der Waals surface area contributed by atoms with Gasteiger partial charge in [-0.05, 0) is 13.8 Å². The number of aromatic nitrogens is 3. The Kier molecular flexibility index (Phi) is 3.99. The van der Waals surface area contributed by atoms with Crippen molar-refractivity contribution >= 4 is 17.2 Å². The van der Waals surface area contributed by atoms with Crippen LogP contribution in [0.1, 0.15) is 29.4 Å². The Bertz CT molecular complexity index is 526. The van der Waals surface area contributed by atoms with Crippen LogP contribution in [0.2, 0.25) is 0 Å². The zero-order valence-corrected chi connectivity index (χ0v) is 11.1. The lowest BCUT2D eigenvalue weighted by atomic mass is 10.2. The van der Waals surface area contributed by atoms with Crippen LogP contribution in [0.3, 0.4) is 0 Å². The summed E-state index contributed by atoms with van der Waals surface area (Å²) in [6.07, 6.45) is 5.00. The maximum Gasteiger partial charge on any atom is 0.226 e. The predicted octanol–water partition coefficient (Wildman–Crippen LogP) is 1.66. The monoisotopic (exact) mass is 262 g/mol. The zero-order valence-electron chi connectivity index (χ0n) is 10.3. The minimum absolute atomic E-state index is 0.0733. The van der Waals surface area contributed by atoms with Gasteiger partial charge in [0.15, 0.2) is 0 Å². The first-order valence-electron chi connectivity index (χ1n) is 5.61. The van der Waals surface area contributed by atoms with Gasteiger partial charge < -0.3 is 5.32 Å². The Morgan fingerprint density at radius 2 is 2.33 bits per heavy atom. The molecule has 0 aliphatic carbocycles. The number of aryl methyl sites for hydroxylation is 1. The summed E-state index contributed by atoms with van der Waals surface area (Å²) in [5, 5.41) is 5.79. The van der Waals surface area contributed by atoms with Crippen LogP contribution in [0.15, 0.2) is 24.0 Å². The molecule has 2 heterocycles. The standard InChI is InChI=1S/C12H14N4OS/c1-8-7-18-12(15-8)9(2)16-11(17)5-10-6-13-3-4-14-10/h3-4,6-7,9H,5H2,1-2H3,(H,16,17). The van der Waals surface area contributed by atoms with E-state index >= 15 is 0 Å². The molecule has 0 saturated heterocycles. The van der Waals surface area contributed by atoms with Gasteiger partial charge in [-0.25, -0.2) is 4.98 Å². The molecule has 0 bridgehead atoms. The molecular weight excluding hydrogens is 248 g/mol. The molecule has 5 nitrogen and oxygen atoms in total. The van der Waals surface area contributed by atoms with Crippen molar-refractivity contribution in [3.63, 3.8) is 0 Å². The molecule has 1 N–H and O–H groups in total. The highest BCUT2D eigenvalue weighted by Gasteiger charge is 2.13. The Hall–Kier alpha value is -1.82. The zero-order chi connectivity index (χ0) is 13.0. The van der Waals surface area contributed by atoms with Crippen LogP contribution in [0.25, 0.3) is 0 Å². The second-order valence-corrected chi connectivity index (χ2v) is 4.88. The van der Waals surface area contributed by atoms with Gasteiger partial charge in [0.25, 0.3) is 0 Å².